The highest BCUT2D eigenvalue weighted by molar-refractivity contribution is 8.15. The molecule has 2 amide bonds. The number of amides is 2. The van der Waals surface area contributed by atoms with Crippen LogP contribution in [0.2, 0.25) is 0 Å². The molecule has 2 aliphatic rings. The van der Waals surface area contributed by atoms with Crippen molar-refractivity contribution < 1.29 is 14.3 Å². The largest absolute Gasteiger partial charge is 0.490 e. The zero-order chi connectivity index (χ0) is 16.2. The van der Waals surface area contributed by atoms with E-state index in [2.05, 4.69) is 12.2 Å². The first-order chi connectivity index (χ1) is 11.1. The molecule has 1 N–H and O–H groups in total. The number of nitrogens with one attached hydrogen (secondary N) is 1. The first-order valence-electron chi connectivity index (χ1n) is 8.39. The summed E-state index contributed by atoms with van der Waals surface area (Å²) in [6.45, 7) is 2.16. The van der Waals surface area contributed by atoms with Crippen LogP contribution in [0.15, 0.2) is 24.3 Å². The summed E-state index contributed by atoms with van der Waals surface area (Å²) in [5.41, 5.74) is 1.05. The molecule has 0 aromatic heterocycles. The van der Waals surface area contributed by atoms with Gasteiger partial charge in [-0.2, -0.15) is 0 Å². The molecule has 5 heteroatoms. The summed E-state index contributed by atoms with van der Waals surface area (Å²) < 4.78 is 6.08. The third kappa shape index (κ3) is 4.28. The van der Waals surface area contributed by atoms with E-state index in [9.17, 15) is 9.59 Å². The molecule has 1 saturated heterocycles. The first kappa shape index (κ1) is 16.4. The molecule has 2 fully saturated rings. The Morgan fingerprint density at radius 2 is 1.87 bits per heavy atom. The van der Waals surface area contributed by atoms with Gasteiger partial charge in [0.15, 0.2) is 0 Å². The first-order valence-corrected chi connectivity index (χ1v) is 9.27. The highest BCUT2D eigenvalue weighted by Gasteiger charge is 2.31. The van der Waals surface area contributed by atoms with Crippen molar-refractivity contribution in [2.45, 2.75) is 56.8 Å². The van der Waals surface area contributed by atoms with Crippen LogP contribution in [0.3, 0.4) is 0 Å². The number of thioether (sulfide) groups is 1. The Labute approximate surface area is 141 Å². The topological polar surface area (TPSA) is 55.4 Å². The van der Waals surface area contributed by atoms with Crippen molar-refractivity contribution in [1.82, 2.24) is 5.32 Å². The fraction of sp³-hybridized carbons (Fsp3) is 0.556. The SMILES string of the molecule is CC(Oc1ccc(CC2SC(=O)NC2=O)cc1)C1CCCCC1. The van der Waals surface area contributed by atoms with Crippen LogP contribution in [0, 0.1) is 5.92 Å². The van der Waals surface area contributed by atoms with E-state index in [0.717, 1.165) is 23.1 Å². The van der Waals surface area contributed by atoms with Crippen LogP contribution in [0.5, 0.6) is 5.75 Å². The average Bonchev–Trinajstić information content (AvgIpc) is 2.87. The standard InChI is InChI=1S/C18H23NO3S/c1-12(14-5-3-2-4-6-14)22-15-9-7-13(8-10-15)11-16-17(20)19-18(21)23-16/h7-10,12,14,16H,2-6,11H2,1H3,(H,19,20,21). The van der Waals surface area contributed by atoms with Gasteiger partial charge in [-0.1, -0.05) is 43.2 Å². The van der Waals surface area contributed by atoms with Gasteiger partial charge in [0, 0.05) is 0 Å². The highest BCUT2D eigenvalue weighted by Crippen LogP contribution is 2.29. The zero-order valence-electron chi connectivity index (χ0n) is 13.4. The summed E-state index contributed by atoms with van der Waals surface area (Å²) in [4.78, 5) is 22.8. The highest BCUT2D eigenvalue weighted by atomic mass is 32.2. The van der Waals surface area contributed by atoms with Gasteiger partial charge < -0.3 is 4.74 Å². The van der Waals surface area contributed by atoms with E-state index in [1.54, 1.807) is 0 Å². The molecule has 23 heavy (non-hydrogen) atoms. The predicted molar refractivity (Wildman–Crippen MR) is 91.7 cm³/mol. The van der Waals surface area contributed by atoms with Gasteiger partial charge in [0.25, 0.3) is 5.24 Å². The number of hydrogen-bond donors (Lipinski definition) is 1. The Bertz CT molecular complexity index is 566. The second-order valence-electron chi connectivity index (χ2n) is 6.45. The number of hydrogen-bond acceptors (Lipinski definition) is 4. The Balaban J connectivity index is 1.54. The van der Waals surface area contributed by atoms with Crippen molar-refractivity contribution in [2.24, 2.45) is 5.92 Å². The smallest absolute Gasteiger partial charge is 0.286 e. The van der Waals surface area contributed by atoms with E-state index in [-0.39, 0.29) is 22.5 Å². The summed E-state index contributed by atoms with van der Waals surface area (Å²) >= 11 is 1.07. The van der Waals surface area contributed by atoms with E-state index < -0.39 is 0 Å². The molecule has 1 heterocycles. The van der Waals surface area contributed by atoms with Gasteiger partial charge >= 0.3 is 0 Å². The van der Waals surface area contributed by atoms with Crippen LogP contribution in [-0.2, 0) is 11.2 Å². The van der Waals surface area contributed by atoms with Crippen LogP contribution >= 0.6 is 11.8 Å². The second-order valence-corrected chi connectivity index (χ2v) is 7.63. The lowest BCUT2D eigenvalue weighted by Gasteiger charge is -2.28. The van der Waals surface area contributed by atoms with Gasteiger partial charge in [-0.25, -0.2) is 0 Å². The molecular formula is C18H23NO3S. The molecule has 3 rings (SSSR count). The van der Waals surface area contributed by atoms with E-state index in [4.69, 9.17) is 4.74 Å². The molecule has 1 saturated carbocycles. The third-order valence-corrected chi connectivity index (χ3v) is 5.73. The average molecular weight is 333 g/mol. The van der Waals surface area contributed by atoms with E-state index in [1.165, 1.54) is 32.1 Å². The molecule has 124 valence electrons. The molecule has 0 spiro atoms. The van der Waals surface area contributed by atoms with Crippen molar-refractivity contribution in [2.75, 3.05) is 0 Å². The van der Waals surface area contributed by atoms with Gasteiger partial charge in [-0.15, -0.1) is 0 Å². The Morgan fingerprint density at radius 1 is 1.17 bits per heavy atom. The molecule has 0 radical (unpaired) electrons. The third-order valence-electron chi connectivity index (χ3n) is 4.75. The van der Waals surface area contributed by atoms with Crippen LogP contribution in [0.1, 0.15) is 44.6 Å². The Morgan fingerprint density at radius 3 is 2.48 bits per heavy atom. The van der Waals surface area contributed by atoms with Crippen molar-refractivity contribution in [3.05, 3.63) is 29.8 Å². The van der Waals surface area contributed by atoms with Crippen LogP contribution < -0.4 is 10.1 Å². The van der Waals surface area contributed by atoms with Crippen molar-refractivity contribution >= 4 is 22.9 Å². The maximum atomic E-state index is 11.6. The number of ether oxygens (including phenoxy) is 1. The van der Waals surface area contributed by atoms with E-state index in [1.807, 2.05) is 24.3 Å². The summed E-state index contributed by atoms with van der Waals surface area (Å²) in [6.07, 6.45) is 7.33. The predicted octanol–water partition coefficient (Wildman–Crippen LogP) is 3.93. The minimum atomic E-state index is -0.310. The number of benzene rings is 1. The maximum Gasteiger partial charge on any atom is 0.286 e. The Hall–Kier alpha value is -1.49. The summed E-state index contributed by atoms with van der Waals surface area (Å²) in [5.74, 6) is 1.35. The van der Waals surface area contributed by atoms with E-state index >= 15 is 0 Å². The lowest BCUT2D eigenvalue weighted by Crippen LogP contribution is -2.26. The van der Waals surface area contributed by atoms with E-state index in [0.29, 0.717) is 12.3 Å². The molecule has 4 nitrogen and oxygen atoms in total. The minimum absolute atomic E-state index is 0.189. The number of rotatable bonds is 5. The quantitative estimate of drug-likeness (QED) is 0.887. The van der Waals surface area contributed by atoms with Gasteiger partial charge in [0.05, 0.1) is 11.4 Å². The lowest BCUT2D eigenvalue weighted by molar-refractivity contribution is -0.118. The van der Waals surface area contributed by atoms with Gasteiger partial charge in [0.2, 0.25) is 5.91 Å². The van der Waals surface area contributed by atoms with Gasteiger partial charge in [-0.3, -0.25) is 14.9 Å². The Kier molecular flexibility index (Phi) is 5.26. The lowest BCUT2D eigenvalue weighted by atomic mass is 9.86. The van der Waals surface area contributed by atoms with Crippen LogP contribution in [-0.4, -0.2) is 22.5 Å². The summed E-state index contributed by atoms with van der Waals surface area (Å²) in [5, 5.41) is 1.76. The second kappa shape index (κ2) is 7.39. The monoisotopic (exact) mass is 333 g/mol. The molecule has 2 atom stereocenters. The van der Waals surface area contributed by atoms with Crippen molar-refractivity contribution in [3.8, 4) is 5.75 Å². The molecule has 1 aromatic rings. The zero-order valence-corrected chi connectivity index (χ0v) is 14.2. The normalized spacial score (nSPS) is 23.6. The fourth-order valence-corrected chi connectivity index (χ4v) is 4.22. The molecular weight excluding hydrogens is 310 g/mol. The number of imide groups is 1. The molecule has 2 unspecified atom stereocenters. The van der Waals surface area contributed by atoms with Gasteiger partial charge in [-0.05, 0) is 49.8 Å². The summed E-state index contributed by atoms with van der Waals surface area (Å²) in [7, 11) is 0. The van der Waals surface area contributed by atoms with Gasteiger partial charge in [0.1, 0.15) is 5.75 Å². The van der Waals surface area contributed by atoms with Crippen molar-refractivity contribution in [3.63, 3.8) is 0 Å². The minimum Gasteiger partial charge on any atom is -0.490 e. The molecule has 0 bridgehead atoms. The number of carbonyl (C=O) groups excluding carboxylic acids is 2. The van der Waals surface area contributed by atoms with Crippen molar-refractivity contribution in [1.29, 1.82) is 0 Å². The molecule has 1 aliphatic carbocycles. The molecule has 1 aliphatic heterocycles. The van der Waals surface area contributed by atoms with Crippen LogP contribution in [0.25, 0.3) is 0 Å². The molecule has 1 aromatic carbocycles. The fourth-order valence-electron chi connectivity index (χ4n) is 3.36. The maximum absolute atomic E-state index is 11.6. The summed E-state index contributed by atoms with van der Waals surface area (Å²) in [6, 6.07) is 7.90. The van der Waals surface area contributed by atoms with Crippen LogP contribution in [0.4, 0.5) is 4.79 Å². The number of carbonyl (C=O) groups is 2.